The van der Waals surface area contributed by atoms with Gasteiger partial charge in [-0.2, -0.15) is 0 Å². The molecule has 1 atom stereocenters. The van der Waals surface area contributed by atoms with E-state index >= 15 is 0 Å². The Kier molecular flexibility index (Phi) is 3.65. The molecular formula is C11H13N3O2S. The maximum atomic E-state index is 11.8. The first kappa shape index (κ1) is 11.9. The van der Waals surface area contributed by atoms with Crippen LogP contribution in [0.25, 0.3) is 0 Å². The molecule has 1 saturated heterocycles. The molecule has 1 aliphatic heterocycles. The van der Waals surface area contributed by atoms with E-state index in [0.29, 0.717) is 24.5 Å². The zero-order chi connectivity index (χ0) is 12.3. The summed E-state index contributed by atoms with van der Waals surface area (Å²) in [6.07, 6.45) is 2.35. The van der Waals surface area contributed by atoms with Gasteiger partial charge in [-0.05, 0) is 18.6 Å². The quantitative estimate of drug-likeness (QED) is 0.752. The Morgan fingerprint density at radius 2 is 2.41 bits per heavy atom. The van der Waals surface area contributed by atoms with Crippen LogP contribution in [0.4, 0.5) is 0 Å². The van der Waals surface area contributed by atoms with Crippen LogP contribution in [-0.2, 0) is 4.74 Å². The van der Waals surface area contributed by atoms with E-state index in [0.717, 1.165) is 6.42 Å². The molecule has 1 unspecified atom stereocenters. The van der Waals surface area contributed by atoms with Crippen molar-refractivity contribution >= 4 is 23.1 Å². The topological polar surface area (TPSA) is 77.2 Å². The van der Waals surface area contributed by atoms with Crippen molar-refractivity contribution in [2.75, 3.05) is 13.2 Å². The summed E-state index contributed by atoms with van der Waals surface area (Å²) in [5.74, 6) is -0.199. The Labute approximate surface area is 104 Å². The second kappa shape index (κ2) is 5.20. The molecule has 2 heterocycles. The Morgan fingerprint density at radius 3 is 2.94 bits per heavy atom. The van der Waals surface area contributed by atoms with Gasteiger partial charge in [-0.3, -0.25) is 9.78 Å². The van der Waals surface area contributed by atoms with E-state index < -0.39 is 0 Å². The summed E-state index contributed by atoms with van der Waals surface area (Å²) >= 11 is 4.81. The van der Waals surface area contributed by atoms with Gasteiger partial charge in [-0.25, -0.2) is 0 Å². The SMILES string of the molecule is NC(=S)c1ccc(C(=O)NC2CCOC2)nc1. The number of ether oxygens (including phenoxy) is 1. The molecule has 0 aliphatic carbocycles. The van der Waals surface area contributed by atoms with Crippen LogP contribution in [0.15, 0.2) is 18.3 Å². The van der Waals surface area contributed by atoms with Crippen LogP contribution in [0.3, 0.4) is 0 Å². The lowest BCUT2D eigenvalue weighted by molar-refractivity contribution is 0.0925. The Hall–Kier alpha value is -1.53. The van der Waals surface area contributed by atoms with Gasteiger partial charge in [0.1, 0.15) is 10.7 Å². The third-order valence-electron chi connectivity index (χ3n) is 2.55. The average molecular weight is 251 g/mol. The Morgan fingerprint density at radius 1 is 1.59 bits per heavy atom. The molecule has 0 spiro atoms. The van der Waals surface area contributed by atoms with Crippen molar-refractivity contribution in [1.29, 1.82) is 0 Å². The van der Waals surface area contributed by atoms with Crippen molar-refractivity contribution < 1.29 is 9.53 Å². The van der Waals surface area contributed by atoms with E-state index in [1.807, 2.05) is 0 Å². The number of carbonyl (C=O) groups excluding carboxylic acids is 1. The largest absolute Gasteiger partial charge is 0.389 e. The van der Waals surface area contributed by atoms with Crippen LogP contribution < -0.4 is 11.1 Å². The van der Waals surface area contributed by atoms with Crippen LogP contribution in [0.2, 0.25) is 0 Å². The molecule has 6 heteroatoms. The average Bonchev–Trinajstić information content (AvgIpc) is 2.82. The number of amides is 1. The first-order chi connectivity index (χ1) is 8.16. The molecule has 5 nitrogen and oxygen atoms in total. The van der Waals surface area contributed by atoms with Crippen molar-refractivity contribution in [3.8, 4) is 0 Å². The van der Waals surface area contributed by atoms with Gasteiger partial charge in [0.25, 0.3) is 5.91 Å². The van der Waals surface area contributed by atoms with Gasteiger partial charge in [-0.15, -0.1) is 0 Å². The predicted octanol–water partition coefficient (Wildman–Crippen LogP) is 0.234. The van der Waals surface area contributed by atoms with Gasteiger partial charge in [0.2, 0.25) is 0 Å². The van der Waals surface area contributed by atoms with Crippen molar-refractivity contribution in [2.45, 2.75) is 12.5 Å². The standard InChI is InChI=1S/C11H13N3O2S/c12-10(17)7-1-2-9(13-5-7)11(15)14-8-3-4-16-6-8/h1-2,5,8H,3-4,6H2,(H2,12,17)(H,14,15). The van der Waals surface area contributed by atoms with E-state index in [9.17, 15) is 4.79 Å². The fourth-order valence-corrected chi connectivity index (χ4v) is 1.70. The third-order valence-corrected chi connectivity index (χ3v) is 2.78. The smallest absolute Gasteiger partial charge is 0.270 e. The number of hydrogen-bond acceptors (Lipinski definition) is 4. The minimum Gasteiger partial charge on any atom is -0.389 e. The van der Waals surface area contributed by atoms with Crippen LogP contribution in [-0.4, -0.2) is 35.1 Å². The van der Waals surface area contributed by atoms with Gasteiger partial charge in [0, 0.05) is 18.4 Å². The molecule has 0 saturated carbocycles. The van der Waals surface area contributed by atoms with Crippen LogP contribution in [0, 0.1) is 0 Å². The maximum Gasteiger partial charge on any atom is 0.270 e. The van der Waals surface area contributed by atoms with Gasteiger partial charge in [0.15, 0.2) is 0 Å². The number of nitrogens with one attached hydrogen (secondary N) is 1. The molecule has 90 valence electrons. The number of nitrogens with zero attached hydrogens (tertiary/aromatic N) is 1. The highest BCUT2D eigenvalue weighted by atomic mass is 32.1. The number of pyridine rings is 1. The zero-order valence-electron chi connectivity index (χ0n) is 9.18. The number of rotatable bonds is 3. The van der Waals surface area contributed by atoms with Gasteiger partial charge < -0.3 is 15.8 Å². The molecule has 3 N–H and O–H groups in total. The zero-order valence-corrected chi connectivity index (χ0v) is 10.00. The lowest BCUT2D eigenvalue weighted by Gasteiger charge is -2.10. The summed E-state index contributed by atoms with van der Waals surface area (Å²) in [6.45, 7) is 1.26. The molecular weight excluding hydrogens is 238 g/mol. The molecule has 17 heavy (non-hydrogen) atoms. The normalized spacial score (nSPS) is 18.9. The second-order valence-electron chi connectivity index (χ2n) is 3.83. The Bertz CT molecular complexity index is 427. The fraction of sp³-hybridized carbons (Fsp3) is 0.364. The molecule has 0 radical (unpaired) electrons. The lowest BCUT2D eigenvalue weighted by Crippen LogP contribution is -2.35. The summed E-state index contributed by atoms with van der Waals surface area (Å²) < 4.78 is 5.18. The van der Waals surface area contributed by atoms with E-state index in [2.05, 4.69) is 10.3 Å². The summed E-state index contributed by atoms with van der Waals surface area (Å²) in [4.78, 5) is 16.1. The van der Waals surface area contributed by atoms with E-state index in [4.69, 9.17) is 22.7 Å². The lowest BCUT2D eigenvalue weighted by atomic mass is 10.2. The van der Waals surface area contributed by atoms with Crippen molar-refractivity contribution in [2.24, 2.45) is 5.73 Å². The van der Waals surface area contributed by atoms with Gasteiger partial charge in [0.05, 0.1) is 12.6 Å². The third kappa shape index (κ3) is 2.98. The predicted molar refractivity (Wildman–Crippen MR) is 66.8 cm³/mol. The first-order valence-corrected chi connectivity index (χ1v) is 5.72. The van der Waals surface area contributed by atoms with Gasteiger partial charge in [-0.1, -0.05) is 12.2 Å². The van der Waals surface area contributed by atoms with E-state index in [1.165, 1.54) is 6.20 Å². The molecule has 1 aliphatic rings. The minimum atomic E-state index is -0.199. The summed E-state index contributed by atoms with van der Waals surface area (Å²) in [5.41, 5.74) is 6.46. The van der Waals surface area contributed by atoms with Gasteiger partial charge >= 0.3 is 0 Å². The van der Waals surface area contributed by atoms with Crippen LogP contribution in [0.1, 0.15) is 22.5 Å². The minimum absolute atomic E-state index is 0.0829. The molecule has 1 fully saturated rings. The van der Waals surface area contributed by atoms with Crippen molar-refractivity contribution in [3.05, 3.63) is 29.6 Å². The Balaban J connectivity index is 2.01. The summed E-state index contributed by atoms with van der Waals surface area (Å²) in [6, 6.07) is 3.38. The molecule has 1 amide bonds. The highest BCUT2D eigenvalue weighted by molar-refractivity contribution is 7.80. The monoisotopic (exact) mass is 251 g/mol. The van der Waals surface area contributed by atoms with Crippen LogP contribution >= 0.6 is 12.2 Å². The fourth-order valence-electron chi connectivity index (χ4n) is 1.58. The summed E-state index contributed by atoms with van der Waals surface area (Å²) in [7, 11) is 0. The first-order valence-electron chi connectivity index (χ1n) is 5.31. The maximum absolute atomic E-state index is 11.8. The highest BCUT2D eigenvalue weighted by Gasteiger charge is 2.19. The molecule has 0 bridgehead atoms. The number of aromatic nitrogens is 1. The molecule has 2 rings (SSSR count). The number of hydrogen-bond donors (Lipinski definition) is 2. The molecule has 0 aromatic carbocycles. The highest BCUT2D eigenvalue weighted by Crippen LogP contribution is 2.05. The van der Waals surface area contributed by atoms with Crippen molar-refractivity contribution in [3.63, 3.8) is 0 Å². The number of thiocarbonyl (C=S) groups is 1. The van der Waals surface area contributed by atoms with Crippen LogP contribution in [0.5, 0.6) is 0 Å². The van der Waals surface area contributed by atoms with E-state index in [1.54, 1.807) is 12.1 Å². The second-order valence-corrected chi connectivity index (χ2v) is 4.27. The molecule has 1 aromatic heterocycles. The molecule has 1 aromatic rings. The number of carbonyl (C=O) groups is 1. The number of nitrogens with two attached hydrogens (primary N) is 1. The van der Waals surface area contributed by atoms with Crippen molar-refractivity contribution in [1.82, 2.24) is 10.3 Å². The summed E-state index contributed by atoms with van der Waals surface area (Å²) in [5, 5.41) is 2.85. The van der Waals surface area contributed by atoms with E-state index in [-0.39, 0.29) is 16.9 Å².